The fourth-order valence-electron chi connectivity index (χ4n) is 2.85. The molecule has 3 rings (SSSR count). The van der Waals surface area contributed by atoms with Crippen molar-refractivity contribution >= 4 is 40.0 Å². The van der Waals surface area contributed by atoms with Crippen LogP contribution in [0.5, 0.6) is 0 Å². The number of halogens is 1. The first-order chi connectivity index (χ1) is 9.20. The standard InChI is InChI=1S/C13H17ClN4S/c1-8-7-9(15-2)5-6-18(8)13-10(14)3-4-11-12(13)17-19-16-11/h3-4,8-9,15H,5-7H2,1-2H3. The van der Waals surface area contributed by atoms with Gasteiger partial charge in [0.25, 0.3) is 0 Å². The van der Waals surface area contributed by atoms with E-state index in [0.29, 0.717) is 12.1 Å². The van der Waals surface area contributed by atoms with Crippen molar-refractivity contribution in [3.63, 3.8) is 0 Å². The normalized spacial score (nSPS) is 24.1. The van der Waals surface area contributed by atoms with Gasteiger partial charge < -0.3 is 10.2 Å². The molecule has 0 spiro atoms. The van der Waals surface area contributed by atoms with Gasteiger partial charge in [-0.2, -0.15) is 8.75 Å². The van der Waals surface area contributed by atoms with Crippen molar-refractivity contribution in [2.24, 2.45) is 0 Å². The predicted molar refractivity (Wildman–Crippen MR) is 81.3 cm³/mol. The largest absolute Gasteiger partial charge is 0.366 e. The number of rotatable bonds is 2. The number of piperidine rings is 1. The summed E-state index contributed by atoms with van der Waals surface area (Å²) in [5.74, 6) is 0. The van der Waals surface area contributed by atoms with Gasteiger partial charge in [0.15, 0.2) is 0 Å². The number of nitrogens with zero attached hydrogens (tertiary/aromatic N) is 3. The van der Waals surface area contributed by atoms with Crippen LogP contribution < -0.4 is 10.2 Å². The number of nitrogens with one attached hydrogen (secondary N) is 1. The summed E-state index contributed by atoms with van der Waals surface area (Å²) in [6.07, 6.45) is 2.26. The van der Waals surface area contributed by atoms with Crippen molar-refractivity contribution in [3.05, 3.63) is 17.2 Å². The summed E-state index contributed by atoms with van der Waals surface area (Å²) in [6.45, 7) is 3.25. The molecule has 1 aromatic carbocycles. The molecule has 0 amide bonds. The van der Waals surface area contributed by atoms with Crippen molar-refractivity contribution in [2.45, 2.75) is 31.8 Å². The number of hydrogen-bond donors (Lipinski definition) is 1. The Kier molecular flexibility index (Phi) is 3.60. The Hall–Kier alpha value is -0.910. The van der Waals surface area contributed by atoms with Gasteiger partial charge in [-0.3, -0.25) is 0 Å². The quantitative estimate of drug-likeness (QED) is 0.925. The highest BCUT2D eigenvalue weighted by atomic mass is 35.5. The molecule has 1 aromatic heterocycles. The summed E-state index contributed by atoms with van der Waals surface area (Å²) in [5, 5.41) is 4.14. The topological polar surface area (TPSA) is 41.0 Å². The van der Waals surface area contributed by atoms with Crippen LogP contribution in [0.25, 0.3) is 11.0 Å². The van der Waals surface area contributed by atoms with Gasteiger partial charge in [0.1, 0.15) is 11.0 Å². The second-order valence-electron chi connectivity index (χ2n) is 5.08. The van der Waals surface area contributed by atoms with Crippen LogP contribution in [0.2, 0.25) is 5.02 Å². The van der Waals surface area contributed by atoms with E-state index >= 15 is 0 Å². The van der Waals surface area contributed by atoms with Gasteiger partial charge in [-0.1, -0.05) is 11.6 Å². The molecular weight excluding hydrogens is 280 g/mol. The maximum absolute atomic E-state index is 6.41. The molecular formula is C13H17ClN4S. The highest BCUT2D eigenvalue weighted by molar-refractivity contribution is 7.00. The van der Waals surface area contributed by atoms with Crippen molar-refractivity contribution in [1.82, 2.24) is 14.1 Å². The van der Waals surface area contributed by atoms with Gasteiger partial charge in [-0.25, -0.2) is 0 Å². The Balaban J connectivity index is 2.00. The molecule has 1 aliphatic rings. The molecule has 0 aliphatic carbocycles. The Bertz CT molecular complexity index is 585. The van der Waals surface area contributed by atoms with Crippen LogP contribution in [0.4, 0.5) is 5.69 Å². The molecule has 2 atom stereocenters. The van der Waals surface area contributed by atoms with E-state index in [2.05, 4.69) is 25.9 Å². The van der Waals surface area contributed by atoms with Crippen molar-refractivity contribution in [3.8, 4) is 0 Å². The second kappa shape index (κ2) is 5.23. The van der Waals surface area contributed by atoms with Crippen LogP contribution >= 0.6 is 23.3 Å². The highest BCUT2D eigenvalue weighted by Crippen LogP contribution is 2.36. The molecule has 102 valence electrons. The molecule has 19 heavy (non-hydrogen) atoms. The number of anilines is 1. The fraction of sp³-hybridized carbons (Fsp3) is 0.538. The first-order valence-corrected chi connectivity index (χ1v) is 7.66. The molecule has 1 fully saturated rings. The molecule has 4 nitrogen and oxygen atoms in total. The lowest BCUT2D eigenvalue weighted by Crippen LogP contribution is -2.46. The zero-order valence-corrected chi connectivity index (χ0v) is 12.6. The monoisotopic (exact) mass is 296 g/mol. The number of fused-ring (bicyclic) bond motifs is 1. The van der Waals surface area contributed by atoms with Gasteiger partial charge in [0.2, 0.25) is 0 Å². The highest BCUT2D eigenvalue weighted by Gasteiger charge is 2.27. The third-order valence-corrected chi connectivity index (χ3v) is 4.77. The SMILES string of the molecule is CNC1CCN(c2c(Cl)ccc3nsnc23)C(C)C1. The lowest BCUT2D eigenvalue weighted by Gasteiger charge is -2.39. The summed E-state index contributed by atoms with van der Waals surface area (Å²) < 4.78 is 8.72. The zero-order valence-electron chi connectivity index (χ0n) is 11.1. The van der Waals surface area contributed by atoms with Crippen molar-refractivity contribution < 1.29 is 0 Å². The average molecular weight is 297 g/mol. The molecule has 2 heterocycles. The number of hydrogen-bond acceptors (Lipinski definition) is 5. The Morgan fingerprint density at radius 1 is 1.42 bits per heavy atom. The van der Waals surface area contributed by atoms with Crippen LogP contribution in [0.3, 0.4) is 0 Å². The zero-order chi connectivity index (χ0) is 13.4. The Morgan fingerprint density at radius 3 is 3.00 bits per heavy atom. The van der Waals surface area contributed by atoms with Gasteiger partial charge in [0.05, 0.1) is 22.4 Å². The van der Waals surface area contributed by atoms with Crippen molar-refractivity contribution in [2.75, 3.05) is 18.5 Å². The molecule has 0 radical (unpaired) electrons. The Morgan fingerprint density at radius 2 is 2.26 bits per heavy atom. The third-order valence-electron chi connectivity index (χ3n) is 3.92. The maximum Gasteiger partial charge on any atom is 0.129 e. The van der Waals surface area contributed by atoms with Gasteiger partial charge >= 0.3 is 0 Å². The van der Waals surface area contributed by atoms with Crippen LogP contribution in [-0.4, -0.2) is 34.4 Å². The van der Waals surface area contributed by atoms with E-state index in [0.717, 1.165) is 41.1 Å². The number of aromatic nitrogens is 2. The summed E-state index contributed by atoms with van der Waals surface area (Å²) >= 11 is 7.66. The minimum absolute atomic E-state index is 0.455. The van der Waals surface area contributed by atoms with E-state index in [9.17, 15) is 0 Å². The van der Waals surface area contributed by atoms with Gasteiger partial charge in [-0.05, 0) is 38.9 Å². The minimum atomic E-state index is 0.455. The molecule has 1 N–H and O–H groups in total. The molecule has 1 aliphatic heterocycles. The van der Waals surface area contributed by atoms with Crippen molar-refractivity contribution in [1.29, 1.82) is 0 Å². The van der Waals surface area contributed by atoms with E-state index in [1.807, 2.05) is 19.2 Å². The first-order valence-electron chi connectivity index (χ1n) is 6.55. The molecule has 0 saturated carbocycles. The summed E-state index contributed by atoms with van der Waals surface area (Å²) in [4.78, 5) is 2.37. The summed E-state index contributed by atoms with van der Waals surface area (Å²) in [6, 6.07) is 4.92. The predicted octanol–water partition coefficient (Wildman–Crippen LogP) is 2.92. The number of benzene rings is 1. The van der Waals surface area contributed by atoms with E-state index in [1.165, 1.54) is 11.7 Å². The van der Waals surface area contributed by atoms with Gasteiger partial charge in [0, 0.05) is 18.6 Å². The maximum atomic E-state index is 6.41. The smallest absolute Gasteiger partial charge is 0.129 e. The van der Waals surface area contributed by atoms with Crippen LogP contribution in [0.1, 0.15) is 19.8 Å². The lowest BCUT2D eigenvalue weighted by atomic mass is 9.97. The third kappa shape index (κ3) is 2.30. The first kappa shape index (κ1) is 13.1. The molecule has 2 unspecified atom stereocenters. The van der Waals surface area contributed by atoms with E-state index in [1.54, 1.807) is 0 Å². The molecule has 1 saturated heterocycles. The molecule has 0 bridgehead atoms. The Labute approximate surface area is 122 Å². The fourth-order valence-corrected chi connectivity index (χ4v) is 3.65. The van der Waals surface area contributed by atoms with E-state index in [-0.39, 0.29) is 0 Å². The molecule has 2 aromatic rings. The summed E-state index contributed by atoms with van der Waals surface area (Å²) in [7, 11) is 2.03. The van der Waals surface area contributed by atoms with Crippen LogP contribution in [-0.2, 0) is 0 Å². The summed E-state index contributed by atoms with van der Waals surface area (Å²) in [5.41, 5.74) is 2.93. The van der Waals surface area contributed by atoms with Crippen LogP contribution in [0, 0.1) is 0 Å². The van der Waals surface area contributed by atoms with Crippen LogP contribution in [0.15, 0.2) is 12.1 Å². The second-order valence-corrected chi connectivity index (χ2v) is 6.02. The van der Waals surface area contributed by atoms with E-state index < -0.39 is 0 Å². The minimum Gasteiger partial charge on any atom is -0.366 e. The lowest BCUT2D eigenvalue weighted by molar-refractivity contribution is 0.387. The van der Waals surface area contributed by atoms with E-state index in [4.69, 9.17) is 11.6 Å². The average Bonchev–Trinajstić information content (AvgIpc) is 2.88. The van der Waals surface area contributed by atoms with Gasteiger partial charge in [-0.15, -0.1) is 0 Å². The molecule has 6 heteroatoms.